The van der Waals surface area contributed by atoms with Crippen LogP contribution >= 0.6 is 27.3 Å². The van der Waals surface area contributed by atoms with E-state index < -0.39 is 0 Å². The Balaban J connectivity index is 2.33. The SMILES string of the molecule is CCNC(c1ccc(OC)cc1)c1cc(C)c(Br)s1. The molecule has 102 valence electrons. The molecule has 4 heteroatoms. The van der Waals surface area contributed by atoms with Gasteiger partial charge >= 0.3 is 0 Å². The maximum absolute atomic E-state index is 5.21. The van der Waals surface area contributed by atoms with Gasteiger partial charge in [0.1, 0.15) is 5.75 Å². The van der Waals surface area contributed by atoms with Crippen LogP contribution in [0.2, 0.25) is 0 Å². The van der Waals surface area contributed by atoms with Gasteiger partial charge in [-0.05, 0) is 58.7 Å². The minimum absolute atomic E-state index is 0.242. The van der Waals surface area contributed by atoms with Crippen molar-refractivity contribution in [2.24, 2.45) is 0 Å². The molecule has 0 aliphatic carbocycles. The van der Waals surface area contributed by atoms with E-state index in [1.54, 1.807) is 18.4 Å². The topological polar surface area (TPSA) is 21.3 Å². The lowest BCUT2D eigenvalue weighted by Gasteiger charge is -2.17. The van der Waals surface area contributed by atoms with Crippen LogP contribution in [0, 0.1) is 6.92 Å². The van der Waals surface area contributed by atoms with Crippen LogP contribution < -0.4 is 10.1 Å². The molecule has 19 heavy (non-hydrogen) atoms. The second-order valence-corrected chi connectivity index (χ2v) is 6.77. The summed E-state index contributed by atoms with van der Waals surface area (Å²) in [7, 11) is 1.69. The molecule has 0 saturated heterocycles. The molecule has 1 atom stereocenters. The summed E-state index contributed by atoms with van der Waals surface area (Å²) in [6.45, 7) is 5.19. The second-order valence-electron chi connectivity index (χ2n) is 4.37. The van der Waals surface area contributed by atoms with Gasteiger partial charge in [0.05, 0.1) is 16.9 Å². The van der Waals surface area contributed by atoms with Crippen LogP contribution in [0.5, 0.6) is 5.75 Å². The van der Waals surface area contributed by atoms with Crippen molar-refractivity contribution in [2.75, 3.05) is 13.7 Å². The fraction of sp³-hybridized carbons (Fsp3) is 0.333. The summed E-state index contributed by atoms with van der Waals surface area (Å²) in [6, 6.07) is 10.7. The van der Waals surface area contributed by atoms with Crippen molar-refractivity contribution in [3.8, 4) is 5.75 Å². The summed E-state index contributed by atoms with van der Waals surface area (Å²) < 4.78 is 6.42. The van der Waals surface area contributed by atoms with Gasteiger partial charge in [-0.3, -0.25) is 0 Å². The number of benzene rings is 1. The third kappa shape index (κ3) is 3.38. The Morgan fingerprint density at radius 3 is 2.47 bits per heavy atom. The van der Waals surface area contributed by atoms with Gasteiger partial charge in [0, 0.05) is 4.88 Å². The highest BCUT2D eigenvalue weighted by atomic mass is 79.9. The Morgan fingerprint density at radius 1 is 1.32 bits per heavy atom. The number of methoxy groups -OCH3 is 1. The number of rotatable bonds is 5. The maximum atomic E-state index is 5.21. The molecule has 1 unspecified atom stereocenters. The molecular formula is C15H18BrNOS. The number of aryl methyl sites for hydroxylation is 1. The van der Waals surface area contributed by atoms with Gasteiger partial charge in [-0.1, -0.05) is 19.1 Å². The predicted octanol–water partition coefficient (Wildman–Crippen LogP) is 4.53. The Morgan fingerprint density at radius 2 is 2.00 bits per heavy atom. The molecule has 1 aromatic heterocycles. The van der Waals surface area contributed by atoms with Crippen LogP contribution in [-0.2, 0) is 0 Å². The van der Waals surface area contributed by atoms with Crippen LogP contribution in [-0.4, -0.2) is 13.7 Å². The van der Waals surface area contributed by atoms with Crippen molar-refractivity contribution in [3.05, 3.63) is 50.1 Å². The van der Waals surface area contributed by atoms with E-state index in [1.165, 1.54) is 19.8 Å². The minimum Gasteiger partial charge on any atom is -0.497 e. The first kappa shape index (κ1) is 14.6. The first-order chi connectivity index (χ1) is 9.15. The maximum Gasteiger partial charge on any atom is 0.118 e. The first-order valence-electron chi connectivity index (χ1n) is 6.29. The zero-order valence-electron chi connectivity index (χ0n) is 11.4. The first-order valence-corrected chi connectivity index (χ1v) is 7.89. The molecule has 0 spiro atoms. The average molecular weight is 340 g/mol. The van der Waals surface area contributed by atoms with Crippen molar-refractivity contribution < 1.29 is 4.74 Å². The average Bonchev–Trinajstić information content (AvgIpc) is 2.76. The van der Waals surface area contributed by atoms with Crippen molar-refractivity contribution in [2.45, 2.75) is 19.9 Å². The molecule has 0 radical (unpaired) electrons. The highest BCUT2D eigenvalue weighted by Gasteiger charge is 2.16. The Hall–Kier alpha value is -0.840. The third-order valence-electron chi connectivity index (χ3n) is 3.02. The van der Waals surface area contributed by atoms with Crippen LogP contribution in [0.25, 0.3) is 0 Å². The standard InChI is InChI=1S/C15H18BrNOS/c1-4-17-14(13-9-10(2)15(16)19-13)11-5-7-12(18-3)8-6-11/h5-9,14,17H,4H2,1-3H3. The van der Waals surface area contributed by atoms with E-state index in [0.29, 0.717) is 0 Å². The molecule has 0 fully saturated rings. The van der Waals surface area contributed by atoms with Crippen molar-refractivity contribution in [1.82, 2.24) is 5.32 Å². The number of hydrogen-bond acceptors (Lipinski definition) is 3. The Labute approximate surface area is 126 Å². The molecule has 2 rings (SSSR count). The molecule has 2 nitrogen and oxygen atoms in total. The smallest absolute Gasteiger partial charge is 0.118 e. The van der Waals surface area contributed by atoms with Gasteiger partial charge in [-0.2, -0.15) is 0 Å². The number of hydrogen-bond donors (Lipinski definition) is 1. The van der Waals surface area contributed by atoms with Gasteiger partial charge in [0.25, 0.3) is 0 Å². The summed E-state index contributed by atoms with van der Waals surface area (Å²) in [5, 5.41) is 3.54. The molecule has 0 bridgehead atoms. The van der Waals surface area contributed by atoms with Gasteiger partial charge in [-0.25, -0.2) is 0 Å². The lowest BCUT2D eigenvalue weighted by molar-refractivity contribution is 0.414. The molecule has 1 aromatic carbocycles. The normalized spacial score (nSPS) is 12.4. The molecule has 0 aliphatic heterocycles. The van der Waals surface area contributed by atoms with E-state index >= 15 is 0 Å². The molecule has 0 aliphatic rings. The largest absolute Gasteiger partial charge is 0.497 e. The molecule has 1 N–H and O–H groups in total. The van der Waals surface area contributed by atoms with E-state index in [-0.39, 0.29) is 6.04 Å². The zero-order valence-corrected chi connectivity index (χ0v) is 13.8. The van der Waals surface area contributed by atoms with Crippen molar-refractivity contribution >= 4 is 27.3 Å². The summed E-state index contributed by atoms with van der Waals surface area (Å²) in [5.74, 6) is 0.891. The van der Waals surface area contributed by atoms with E-state index in [0.717, 1.165) is 12.3 Å². The summed E-state index contributed by atoms with van der Waals surface area (Å²) in [6.07, 6.45) is 0. The lowest BCUT2D eigenvalue weighted by Crippen LogP contribution is -2.20. The number of thiophene rings is 1. The number of halogens is 1. The van der Waals surface area contributed by atoms with Gasteiger partial charge in [0.2, 0.25) is 0 Å². The monoisotopic (exact) mass is 339 g/mol. The Kier molecular flexibility index (Phi) is 5.02. The third-order valence-corrected chi connectivity index (χ3v) is 5.22. The fourth-order valence-corrected chi connectivity index (χ4v) is 3.68. The van der Waals surface area contributed by atoms with E-state index in [4.69, 9.17) is 4.74 Å². The zero-order chi connectivity index (χ0) is 13.8. The van der Waals surface area contributed by atoms with E-state index in [9.17, 15) is 0 Å². The van der Waals surface area contributed by atoms with E-state index in [2.05, 4.69) is 53.3 Å². The number of nitrogens with one attached hydrogen (secondary N) is 1. The van der Waals surface area contributed by atoms with Crippen molar-refractivity contribution in [3.63, 3.8) is 0 Å². The lowest BCUT2D eigenvalue weighted by atomic mass is 10.0. The van der Waals surface area contributed by atoms with Crippen LogP contribution in [0.15, 0.2) is 34.1 Å². The van der Waals surface area contributed by atoms with Gasteiger partial charge < -0.3 is 10.1 Å². The summed E-state index contributed by atoms with van der Waals surface area (Å²) in [5.41, 5.74) is 2.55. The molecule has 0 amide bonds. The molecule has 2 aromatic rings. The van der Waals surface area contributed by atoms with E-state index in [1.807, 2.05) is 12.1 Å². The van der Waals surface area contributed by atoms with Crippen LogP contribution in [0.3, 0.4) is 0 Å². The highest BCUT2D eigenvalue weighted by molar-refractivity contribution is 9.11. The molecule has 0 saturated carbocycles. The summed E-state index contributed by atoms with van der Waals surface area (Å²) in [4.78, 5) is 1.33. The van der Waals surface area contributed by atoms with Gasteiger partial charge in [-0.15, -0.1) is 11.3 Å². The number of ether oxygens (including phenoxy) is 1. The van der Waals surface area contributed by atoms with Crippen LogP contribution in [0.1, 0.15) is 29.0 Å². The quantitative estimate of drug-likeness (QED) is 0.864. The summed E-state index contributed by atoms with van der Waals surface area (Å²) >= 11 is 5.39. The fourth-order valence-electron chi connectivity index (χ4n) is 2.01. The molecular weight excluding hydrogens is 322 g/mol. The molecule has 1 heterocycles. The van der Waals surface area contributed by atoms with Gasteiger partial charge in [0.15, 0.2) is 0 Å². The predicted molar refractivity (Wildman–Crippen MR) is 85.3 cm³/mol. The van der Waals surface area contributed by atoms with Crippen molar-refractivity contribution in [1.29, 1.82) is 0 Å². The van der Waals surface area contributed by atoms with Crippen LogP contribution in [0.4, 0.5) is 0 Å². The minimum atomic E-state index is 0.242. The Bertz CT molecular complexity index is 516. The highest BCUT2D eigenvalue weighted by Crippen LogP contribution is 2.34. The second kappa shape index (κ2) is 6.55.